The van der Waals surface area contributed by atoms with Gasteiger partial charge in [0.2, 0.25) is 5.91 Å². The SMILES string of the molecule is CC(C)CCC(=O)NN(CC(C)C)[C@@H](CC=Cc1ccccc1)C(=O)NO. The van der Waals surface area contributed by atoms with Gasteiger partial charge in [-0.3, -0.25) is 20.2 Å². The summed E-state index contributed by atoms with van der Waals surface area (Å²) in [4.78, 5) is 24.5. The third-order valence-corrected chi connectivity index (χ3v) is 4.04. The zero-order valence-corrected chi connectivity index (χ0v) is 16.8. The summed E-state index contributed by atoms with van der Waals surface area (Å²) in [6, 6.07) is 9.07. The Labute approximate surface area is 162 Å². The highest BCUT2D eigenvalue weighted by Gasteiger charge is 2.26. The van der Waals surface area contributed by atoms with Crippen LogP contribution >= 0.6 is 0 Å². The zero-order valence-electron chi connectivity index (χ0n) is 16.8. The minimum atomic E-state index is -0.694. The number of hydrazine groups is 1. The predicted molar refractivity (Wildman–Crippen MR) is 108 cm³/mol. The molecule has 1 aromatic carbocycles. The smallest absolute Gasteiger partial charge is 0.262 e. The van der Waals surface area contributed by atoms with E-state index in [4.69, 9.17) is 5.21 Å². The van der Waals surface area contributed by atoms with Gasteiger partial charge in [-0.15, -0.1) is 0 Å². The number of amides is 2. The standard InChI is InChI=1S/C21H33N3O3/c1-16(2)13-14-20(25)22-24(15-17(3)4)19(21(26)23-27)12-8-11-18-9-6-5-7-10-18/h5-11,16-17,19,27H,12-15H2,1-4H3,(H,22,25)(H,23,26)/t19-/m0/s1. The van der Waals surface area contributed by atoms with Crippen LogP contribution in [0.2, 0.25) is 0 Å². The molecule has 0 bridgehead atoms. The molecule has 6 heteroatoms. The molecule has 0 aliphatic heterocycles. The second kappa shape index (κ2) is 12.3. The molecule has 0 spiro atoms. The van der Waals surface area contributed by atoms with Crippen LogP contribution in [-0.2, 0) is 9.59 Å². The Morgan fingerprint density at radius 3 is 2.33 bits per heavy atom. The summed E-state index contributed by atoms with van der Waals surface area (Å²) in [5, 5.41) is 10.8. The van der Waals surface area contributed by atoms with Crippen LogP contribution in [0.5, 0.6) is 0 Å². The van der Waals surface area contributed by atoms with Gasteiger partial charge in [-0.1, -0.05) is 70.2 Å². The molecule has 0 aliphatic rings. The number of rotatable bonds is 11. The van der Waals surface area contributed by atoms with Gasteiger partial charge in [0, 0.05) is 13.0 Å². The highest BCUT2D eigenvalue weighted by molar-refractivity contribution is 5.82. The van der Waals surface area contributed by atoms with Gasteiger partial charge in [0.15, 0.2) is 0 Å². The first kappa shape index (κ1) is 22.9. The van der Waals surface area contributed by atoms with Crippen LogP contribution in [0.1, 0.15) is 52.5 Å². The first-order valence-corrected chi connectivity index (χ1v) is 9.55. The van der Waals surface area contributed by atoms with Crippen molar-refractivity contribution in [2.75, 3.05) is 6.54 Å². The first-order valence-electron chi connectivity index (χ1n) is 9.55. The van der Waals surface area contributed by atoms with E-state index in [1.54, 1.807) is 10.5 Å². The van der Waals surface area contributed by atoms with Gasteiger partial charge in [-0.05, 0) is 30.2 Å². The highest BCUT2D eigenvalue weighted by atomic mass is 16.5. The van der Waals surface area contributed by atoms with Crippen molar-refractivity contribution < 1.29 is 14.8 Å². The lowest BCUT2D eigenvalue weighted by molar-refractivity contribution is -0.139. The zero-order chi connectivity index (χ0) is 20.2. The Bertz CT molecular complexity index is 600. The van der Waals surface area contributed by atoms with Gasteiger partial charge in [-0.25, -0.2) is 10.5 Å². The van der Waals surface area contributed by atoms with Gasteiger partial charge in [0.25, 0.3) is 5.91 Å². The van der Waals surface area contributed by atoms with Crippen molar-refractivity contribution in [3.8, 4) is 0 Å². The molecule has 150 valence electrons. The number of nitrogens with zero attached hydrogens (tertiary/aromatic N) is 1. The van der Waals surface area contributed by atoms with Crippen molar-refractivity contribution in [1.29, 1.82) is 0 Å². The molecule has 3 N–H and O–H groups in total. The predicted octanol–water partition coefficient (Wildman–Crippen LogP) is 3.39. The number of hydrogen-bond acceptors (Lipinski definition) is 4. The van der Waals surface area contributed by atoms with Crippen molar-refractivity contribution in [3.63, 3.8) is 0 Å². The summed E-state index contributed by atoms with van der Waals surface area (Å²) in [7, 11) is 0. The number of hydroxylamine groups is 1. The van der Waals surface area contributed by atoms with Crippen LogP contribution in [0.3, 0.4) is 0 Å². The summed E-state index contributed by atoms with van der Waals surface area (Å²) < 4.78 is 0. The third kappa shape index (κ3) is 9.35. The summed E-state index contributed by atoms with van der Waals surface area (Å²) >= 11 is 0. The van der Waals surface area contributed by atoms with E-state index in [1.165, 1.54) is 0 Å². The molecular formula is C21H33N3O3. The Morgan fingerprint density at radius 1 is 1.11 bits per heavy atom. The quantitative estimate of drug-likeness (QED) is 0.409. The Morgan fingerprint density at radius 2 is 1.78 bits per heavy atom. The Kier molecular flexibility index (Phi) is 10.4. The van der Waals surface area contributed by atoms with Crippen LogP contribution in [0.25, 0.3) is 6.08 Å². The molecule has 1 rings (SSSR count). The topological polar surface area (TPSA) is 81.7 Å². The second-order valence-corrected chi connectivity index (χ2v) is 7.55. The lowest BCUT2D eigenvalue weighted by Gasteiger charge is -2.31. The molecule has 0 heterocycles. The molecule has 2 amide bonds. The van der Waals surface area contributed by atoms with Crippen molar-refractivity contribution in [1.82, 2.24) is 15.9 Å². The number of carbonyl (C=O) groups excluding carboxylic acids is 2. The van der Waals surface area contributed by atoms with E-state index in [9.17, 15) is 9.59 Å². The summed E-state index contributed by atoms with van der Waals surface area (Å²) in [5.74, 6) is 0.00628. The molecule has 1 atom stereocenters. The van der Waals surface area contributed by atoms with Gasteiger partial charge >= 0.3 is 0 Å². The summed E-state index contributed by atoms with van der Waals surface area (Å²) in [6.07, 6.45) is 5.35. The van der Waals surface area contributed by atoms with E-state index in [1.807, 2.05) is 56.3 Å². The van der Waals surface area contributed by atoms with E-state index in [2.05, 4.69) is 19.3 Å². The van der Waals surface area contributed by atoms with Gasteiger partial charge in [0.1, 0.15) is 6.04 Å². The lowest BCUT2D eigenvalue weighted by Crippen LogP contribution is -2.55. The fraction of sp³-hybridized carbons (Fsp3) is 0.524. The molecule has 0 saturated heterocycles. The monoisotopic (exact) mass is 375 g/mol. The maximum absolute atomic E-state index is 12.3. The van der Waals surface area contributed by atoms with E-state index in [-0.39, 0.29) is 11.8 Å². The van der Waals surface area contributed by atoms with Crippen LogP contribution in [-0.4, -0.2) is 34.6 Å². The molecule has 0 aromatic heterocycles. The average molecular weight is 376 g/mol. The fourth-order valence-electron chi connectivity index (χ4n) is 2.63. The molecule has 0 fully saturated rings. The minimum absolute atomic E-state index is 0.118. The van der Waals surface area contributed by atoms with Crippen molar-refractivity contribution >= 4 is 17.9 Å². The third-order valence-electron chi connectivity index (χ3n) is 4.04. The Hall–Kier alpha value is -2.18. The molecule has 0 aliphatic carbocycles. The van der Waals surface area contributed by atoms with Gasteiger partial charge in [-0.2, -0.15) is 0 Å². The number of nitrogens with one attached hydrogen (secondary N) is 2. The molecule has 6 nitrogen and oxygen atoms in total. The van der Waals surface area contributed by atoms with Crippen LogP contribution in [0.15, 0.2) is 36.4 Å². The maximum atomic E-state index is 12.3. The largest absolute Gasteiger partial charge is 0.289 e. The second-order valence-electron chi connectivity index (χ2n) is 7.55. The number of hydrogen-bond donors (Lipinski definition) is 3. The molecule has 0 radical (unpaired) electrons. The van der Waals surface area contributed by atoms with E-state index in [0.29, 0.717) is 25.3 Å². The van der Waals surface area contributed by atoms with E-state index in [0.717, 1.165) is 12.0 Å². The van der Waals surface area contributed by atoms with E-state index < -0.39 is 11.9 Å². The van der Waals surface area contributed by atoms with E-state index >= 15 is 0 Å². The number of carbonyl (C=O) groups is 2. The lowest BCUT2D eigenvalue weighted by atomic mass is 10.1. The van der Waals surface area contributed by atoms with Crippen LogP contribution in [0.4, 0.5) is 0 Å². The molecular weight excluding hydrogens is 342 g/mol. The van der Waals surface area contributed by atoms with Gasteiger partial charge in [0.05, 0.1) is 0 Å². The summed E-state index contributed by atoms with van der Waals surface area (Å²) in [5.41, 5.74) is 5.61. The van der Waals surface area contributed by atoms with Crippen LogP contribution < -0.4 is 10.9 Å². The molecule has 27 heavy (non-hydrogen) atoms. The maximum Gasteiger partial charge on any atom is 0.262 e. The molecule has 0 unspecified atom stereocenters. The summed E-state index contributed by atoms with van der Waals surface area (Å²) in [6.45, 7) is 8.66. The molecule has 1 aromatic rings. The van der Waals surface area contributed by atoms with Crippen molar-refractivity contribution in [2.24, 2.45) is 11.8 Å². The van der Waals surface area contributed by atoms with Gasteiger partial charge < -0.3 is 0 Å². The number of benzene rings is 1. The first-order chi connectivity index (χ1) is 12.8. The van der Waals surface area contributed by atoms with Crippen molar-refractivity contribution in [2.45, 2.75) is 53.0 Å². The minimum Gasteiger partial charge on any atom is -0.289 e. The average Bonchev–Trinajstić information content (AvgIpc) is 2.63. The normalized spacial score (nSPS) is 12.7. The van der Waals surface area contributed by atoms with Crippen molar-refractivity contribution in [3.05, 3.63) is 42.0 Å². The Balaban J connectivity index is 2.86. The highest BCUT2D eigenvalue weighted by Crippen LogP contribution is 2.11. The van der Waals surface area contributed by atoms with Crippen LogP contribution in [0, 0.1) is 11.8 Å². The fourth-order valence-corrected chi connectivity index (χ4v) is 2.63. The molecule has 0 saturated carbocycles.